The second-order valence-corrected chi connectivity index (χ2v) is 6.08. The van der Waals surface area contributed by atoms with Gasteiger partial charge >= 0.3 is 0 Å². The molecule has 0 fully saturated rings. The zero-order valence-corrected chi connectivity index (χ0v) is 10.9. The van der Waals surface area contributed by atoms with Gasteiger partial charge in [-0.25, -0.2) is 13.1 Å². The number of sulfonamides is 1. The summed E-state index contributed by atoms with van der Waals surface area (Å²) in [5, 5.41) is 8.12. The van der Waals surface area contributed by atoms with Crippen molar-refractivity contribution in [3.63, 3.8) is 0 Å². The van der Waals surface area contributed by atoms with E-state index in [4.69, 9.17) is 5.11 Å². The second kappa shape index (κ2) is 5.82. The van der Waals surface area contributed by atoms with Gasteiger partial charge in [0.2, 0.25) is 10.0 Å². The Morgan fingerprint density at radius 3 is 1.87 bits per heavy atom. The monoisotopic (exact) mass is 237 g/mol. The number of aliphatic hydroxyl groups excluding tert-OH is 1. The van der Waals surface area contributed by atoms with Gasteiger partial charge in [-0.1, -0.05) is 20.8 Å². The summed E-state index contributed by atoms with van der Waals surface area (Å²) in [5.74, 6) is 0. The third-order valence-electron chi connectivity index (χ3n) is 3.18. The minimum atomic E-state index is -3.40. The summed E-state index contributed by atoms with van der Waals surface area (Å²) in [4.78, 5) is 0. The highest BCUT2D eigenvalue weighted by Gasteiger charge is 2.32. The average molecular weight is 237 g/mol. The molecule has 92 valence electrons. The molecular formula is C10H23NO3S. The van der Waals surface area contributed by atoms with Crippen molar-refractivity contribution < 1.29 is 13.5 Å². The first kappa shape index (κ1) is 14.9. The highest BCUT2D eigenvalue weighted by Crippen LogP contribution is 2.21. The van der Waals surface area contributed by atoms with Gasteiger partial charge in [-0.05, 0) is 26.2 Å². The molecule has 0 aromatic carbocycles. The molecule has 0 aliphatic carbocycles. The lowest BCUT2D eigenvalue weighted by molar-refractivity contribution is 0.289. The van der Waals surface area contributed by atoms with Crippen LogP contribution in [0.15, 0.2) is 0 Å². The minimum absolute atomic E-state index is 0.345. The Hall–Kier alpha value is -0.130. The van der Waals surface area contributed by atoms with Crippen LogP contribution >= 0.6 is 0 Å². The van der Waals surface area contributed by atoms with E-state index in [1.54, 1.807) is 0 Å². The van der Waals surface area contributed by atoms with Crippen LogP contribution in [0.5, 0.6) is 0 Å². The Labute approximate surface area is 93.1 Å². The first-order chi connectivity index (χ1) is 6.87. The topological polar surface area (TPSA) is 66.4 Å². The summed E-state index contributed by atoms with van der Waals surface area (Å²) in [6.07, 6.45) is 2.28. The van der Waals surface area contributed by atoms with E-state index in [0.29, 0.717) is 0 Å². The summed E-state index contributed by atoms with van der Waals surface area (Å²) in [7, 11) is -3.40. The van der Waals surface area contributed by atoms with Gasteiger partial charge in [-0.3, -0.25) is 0 Å². The van der Waals surface area contributed by atoms with Gasteiger partial charge in [0.05, 0.1) is 11.9 Å². The van der Waals surface area contributed by atoms with Crippen molar-refractivity contribution in [2.24, 2.45) is 0 Å². The van der Waals surface area contributed by atoms with Crippen LogP contribution in [0.25, 0.3) is 0 Å². The van der Waals surface area contributed by atoms with Gasteiger partial charge in [0, 0.05) is 5.54 Å². The molecular weight excluding hydrogens is 214 g/mol. The number of hydrogen-bond acceptors (Lipinski definition) is 3. The van der Waals surface area contributed by atoms with Gasteiger partial charge in [0.25, 0.3) is 0 Å². The lowest BCUT2D eigenvalue weighted by Gasteiger charge is -2.32. The molecule has 0 rings (SSSR count). The molecule has 4 nitrogen and oxygen atoms in total. The van der Waals surface area contributed by atoms with Crippen molar-refractivity contribution in [3.8, 4) is 0 Å². The van der Waals surface area contributed by atoms with Gasteiger partial charge in [0.15, 0.2) is 0 Å². The van der Waals surface area contributed by atoms with Crippen molar-refractivity contribution in [2.75, 3.05) is 6.61 Å². The molecule has 0 aliphatic rings. The highest BCUT2D eigenvalue weighted by molar-refractivity contribution is 7.90. The Morgan fingerprint density at radius 2 is 1.60 bits per heavy atom. The molecule has 0 saturated carbocycles. The molecule has 0 heterocycles. The van der Waals surface area contributed by atoms with E-state index < -0.39 is 15.3 Å². The molecule has 0 bridgehead atoms. The predicted molar refractivity (Wildman–Crippen MR) is 62.2 cm³/mol. The molecule has 0 saturated heterocycles. The standard InChI is InChI=1S/C10H23NO3S/c1-5-10(6-2,7-3)11-15(13,14)9(4)8-12/h9,11-12H,5-8H2,1-4H3. The maximum absolute atomic E-state index is 11.8. The van der Waals surface area contributed by atoms with E-state index in [1.807, 2.05) is 20.8 Å². The summed E-state index contributed by atoms with van der Waals surface area (Å²) in [6, 6.07) is 0. The lowest BCUT2D eigenvalue weighted by atomic mass is 9.91. The van der Waals surface area contributed by atoms with Crippen LogP contribution < -0.4 is 4.72 Å². The SMILES string of the molecule is CCC(CC)(CC)NS(=O)(=O)C(C)CO. The Balaban J connectivity index is 4.82. The molecule has 5 heteroatoms. The van der Waals surface area contributed by atoms with Crippen molar-refractivity contribution in [1.82, 2.24) is 4.72 Å². The summed E-state index contributed by atoms with van der Waals surface area (Å²) in [6.45, 7) is 7.08. The van der Waals surface area contributed by atoms with Gasteiger partial charge in [-0.15, -0.1) is 0 Å². The molecule has 0 aromatic rings. The molecule has 15 heavy (non-hydrogen) atoms. The van der Waals surface area contributed by atoms with Gasteiger partial charge < -0.3 is 5.11 Å². The quantitative estimate of drug-likeness (QED) is 0.700. The van der Waals surface area contributed by atoms with Crippen molar-refractivity contribution >= 4 is 10.0 Å². The predicted octanol–water partition coefficient (Wildman–Crippen LogP) is 1.26. The summed E-state index contributed by atoms with van der Waals surface area (Å²) < 4.78 is 26.3. The van der Waals surface area contributed by atoms with Gasteiger partial charge in [0.1, 0.15) is 0 Å². The van der Waals surface area contributed by atoms with E-state index in [0.717, 1.165) is 19.3 Å². The van der Waals surface area contributed by atoms with E-state index in [1.165, 1.54) is 6.92 Å². The van der Waals surface area contributed by atoms with Crippen molar-refractivity contribution in [2.45, 2.75) is 57.7 Å². The van der Waals surface area contributed by atoms with Crippen LogP contribution in [0.2, 0.25) is 0 Å². The zero-order valence-electron chi connectivity index (χ0n) is 10.1. The highest BCUT2D eigenvalue weighted by atomic mass is 32.2. The van der Waals surface area contributed by atoms with E-state index in [-0.39, 0.29) is 12.1 Å². The Morgan fingerprint density at radius 1 is 1.20 bits per heavy atom. The van der Waals surface area contributed by atoms with E-state index >= 15 is 0 Å². The molecule has 0 aliphatic heterocycles. The van der Waals surface area contributed by atoms with Crippen LogP contribution in [0.1, 0.15) is 47.0 Å². The molecule has 0 spiro atoms. The van der Waals surface area contributed by atoms with Crippen LogP contribution in [0.4, 0.5) is 0 Å². The minimum Gasteiger partial charge on any atom is -0.395 e. The van der Waals surface area contributed by atoms with Crippen LogP contribution in [0, 0.1) is 0 Å². The largest absolute Gasteiger partial charge is 0.395 e. The third kappa shape index (κ3) is 3.74. The van der Waals surface area contributed by atoms with Gasteiger partial charge in [-0.2, -0.15) is 0 Å². The average Bonchev–Trinajstić information content (AvgIpc) is 2.24. The van der Waals surface area contributed by atoms with Crippen molar-refractivity contribution in [3.05, 3.63) is 0 Å². The van der Waals surface area contributed by atoms with Crippen molar-refractivity contribution in [1.29, 1.82) is 0 Å². The first-order valence-electron chi connectivity index (χ1n) is 5.51. The molecule has 0 amide bonds. The first-order valence-corrected chi connectivity index (χ1v) is 7.05. The third-order valence-corrected chi connectivity index (χ3v) is 5.10. The molecule has 1 atom stereocenters. The van der Waals surface area contributed by atoms with E-state index in [9.17, 15) is 8.42 Å². The summed E-state index contributed by atoms with van der Waals surface area (Å²) in [5.41, 5.74) is -0.359. The number of nitrogens with one attached hydrogen (secondary N) is 1. The second-order valence-electron chi connectivity index (χ2n) is 3.98. The maximum Gasteiger partial charge on any atom is 0.216 e. The fourth-order valence-corrected chi connectivity index (χ4v) is 2.90. The van der Waals surface area contributed by atoms with Crippen LogP contribution in [0.3, 0.4) is 0 Å². The van der Waals surface area contributed by atoms with Crippen LogP contribution in [-0.2, 0) is 10.0 Å². The molecule has 1 unspecified atom stereocenters. The Bertz CT molecular complexity index is 262. The molecule has 2 N–H and O–H groups in total. The maximum atomic E-state index is 11.8. The van der Waals surface area contributed by atoms with Crippen LogP contribution in [-0.4, -0.2) is 30.9 Å². The lowest BCUT2D eigenvalue weighted by Crippen LogP contribution is -2.50. The number of rotatable bonds is 7. The Kier molecular flexibility index (Phi) is 5.77. The fourth-order valence-electron chi connectivity index (χ4n) is 1.47. The molecule has 0 radical (unpaired) electrons. The smallest absolute Gasteiger partial charge is 0.216 e. The normalized spacial score (nSPS) is 15.3. The number of aliphatic hydroxyl groups is 1. The number of hydrogen-bond donors (Lipinski definition) is 2. The van der Waals surface area contributed by atoms with E-state index in [2.05, 4.69) is 4.72 Å². The molecule has 0 aromatic heterocycles. The summed E-state index contributed by atoms with van der Waals surface area (Å²) >= 11 is 0. The zero-order chi connectivity index (χ0) is 12.1. The fraction of sp³-hybridized carbons (Fsp3) is 1.00.